The maximum Gasteiger partial charge on any atom is 0.255 e. The van der Waals surface area contributed by atoms with Crippen LogP contribution in [0.3, 0.4) is 0 Å². The van der Waals surface area contributed by atoms with E-state index in [0.29, 0.717) is 37.3 Å². The van der Waals surface area contributed by atoms with Crippen LogP contribution >= 0.6 is 0 Å². The highest BCUT2D eigenvalue weighted by Gasteiger charge is 2.40. The van der Waals surface area contributed by atoms with Crippen molar-refractivity contribution in [2.24, 2.45) is 0 Å². The summed E-state index contributed by atoms with van der Waals surface area (Å²) >= 11 is 0. The molecular weight excluding hydrogens is 560 g/mol. The first-order valence-electron chi connectivity index (χ1n) is 14.7. The molecule has 4 aliphatic rings. The normalized spacial score (nSPS) is 19.1. The average molecular weight is 591 g/mol. The summed E-state index contributed by atoms with van der Waals surface area (Å²) < 4.78 is 22.0. The molecule has 0 saturated carbocycles. The zero-order valence-corrected chi connectivity index (χ0v) is 23.8. The standard InChI is InChI=1S/C34H30N4O6/c39-33-25-7-3-1-5-23(25)31(35-17-21-9-11-27-29(15-21)43-19-41-27)37(33)13-14-38-32(24-6-2-4-8-26(24)34(38)40)36-18-22-10-12-28-30(16-22)44-20-42-28/h1-12,15-16,31-32,35-36H,13-14,17-20H2. The highest BCUT2D eigenvalue weighted by molar-refractivity contribution is 6.00. The SMILES string of the molecule is O=C1c2ccccc2C(NCc2ccc3c(c2)OCO3)N1CCN1C(=O)c2ccccc2C1NCc1ccc2c(c1)OCO2. The van der Waals surface area contributed by atoms with Crippen LogP contribution in [0, 0.1) is 0 Å². The van der Waals surface area contributed by atoms with E-state index in [4.69, 9.17) is 18.9 Å². The van der Waals surface area contributed by atoms with Crippen molar-refractivity contribution >= 4 is 11.8 Å². The molecule has 0 radical (unpaired) electrons. The van der Waals surface area contributed by atoms with Gasteiger partial charge in [0.25, 0.3) is 11.8 Å². The van der Waals surface area contributed by atoms with Crippen molar-refractivity contribution in [1.82, 2.24) is 20.4 Å². The van der Waals surface area contributed by atoms with Crippen molar-refractivity contribution in [2.45, 2.75) is 25.4 Å². The van der Waals surface area contributed by atoms with Crippen LogP contribution in [-0.2, 0) is 13.1 Å². The first kappa shape index (κ1) is 26.6. The van der Waals surface area contributed by atoms with Crippen LogP contribution in [0.2, 0.25) is 0 Å². The molecule has 2 amide bonds. The van der Waals surface area contributed by atoms with Crippen molar-refractivity contribution in [3.05, 3.63) is 118 Å². The van der Waals surface area contributed by atoms with Gasteiger partial charge in [-0.25, -0.2) is 0 Å². The maximum absolute atomic E-state index is 13.7. The monoisotopic (exact) mass is 590 g/mol. The predicted octanol–water partition coefficient (Wildman–Crippen LogP) is 4.33. The number of nitrogens with one attached hydrogen (secondary N) is 2. The molecule has 8 rings (SSSR count). The van der Waals surface area contributed by atoms with Crippen molar-refractivity contribution < 1.29 is 28.5 Å². The summed E-state index contributed by atoms with van der Waals surface area (Å²) in [7, 11) is 0. The van der Waals surface area contributed by atoms with E-state index in [1.54, 1.807) is 0 Å². The summed E-state index contributed by atoms with van der Waals surface area (Å²) in [4.78, 5) is 31.0. The Bertz CT molecular complexity index is 1650. The predicted molar refractivity (Wildman–Crippen MR) is 159 cm³/mol. The van der Waals surface area contributed by atoms with Gasteiger partial charge in [-0.2, -0.15) is 0 Å². The summed E-state index contributed by atoms with van der Waals surface area (Å²) in [6.07, 6.45) is -0.687. The number of carbonyl (C=O) groups excluding carboxylic acids is 2. The fourth-order valence-corrected chi connectivity index (χ4v) is 6.39. The quantitative estimate of drug-likeness (QED) is 0.297. The smallest absolute Gasteiger partial charge is 0.255 e. The number of carbonyl (C=O) groups is 2. The van der Waals surface area contributed by atoms with Gasteiger partial charge in [0.05, 0.1) is 0 Å². The Morgan fingerprint density at radius 2 is 1.00 bits per heavy atom. The molecule has 0 fully saturated rings. The van der Waals surface area contributed by atoms with Crippen molar-refractivity contribution in [3.63, 3.8) is 0 Å². The molecule has 2 unspecified atom stereocenters. The zero-order valence-electron chi connectivity index (χ0n) is 23.8. The highest BCUT2D eigenvalue weighted by Crippen LogP contribution is 2.37. The fraction of sp³-hybridized carbons (Fsp3) is 0.235. The van der Waals surface area contributed by atoms with Gasteiger partial charge in [-0.3, -0.25) is 20.2 Å². The molecule has 2 atom stereocenters. The second-order valence-electron chi connectivity index (χ2n) is 11.1. The van der Waals surface area contributed by atoms with Crippen LogP contribution < -0.4 is 29.6 Å². The molecule has 0 spiro atoms. The minimum atomic E-state index is -0.343. The third-order valence-electron chi connectivity index (χ3n) is 8.57. The minimum Gasteiger partial charge on any atom is -0.454 e. The van der Waals surface area contributed by atoms with Gasteiger partial charge < -0.3 is 28.7 Å². The van der Waals surface area contributed by atoms with E-state index in [1.165, 1.54) is 0 Å². The summed E-state index contributed by atoms with van der Waals surface area (Å²) in [5, 5.41) is 7.15. The topological polar surface area (TPSA) is 102 Å². The fourth-order valence-electron chi connectivity index (χ4n) is 6.39. The van der Waals surface area contributed by atoms with Crippen LogP contribution in [-0.4, -0.2) is 48.3 Å². The number of ether oxygens (including phenoxy) is 4. The second kappa shape index (κ2) is 10.9. The Labute approximate surface area is 254 Å². The zero-order chi connectivity index (χ0) is 29.6. The largest absolute Gasteiger partial charge is 0.454 e. The van der Waals surface area contributed by atoms with Crippen LogP contribution in [0.5, 0.6) is 23.0 Å². The van der Waals surface area contributed by atoms with Gasteiger partial charge in [0.15, 0.2) is 23.0 Å². The molecule has 4 heterocycles. The molecule has 4 aliphatic heterocycles. The molecule has 0 aliphatic carbocycles. The van der Waals surface area contributed by atoms with E-state index < -0.39 is 0 Å². The number of fused-ring (bicyclic) bond motifs is 4. The Kier molecular flexibility index (Phi) is 6.58. The summed E-state index contributed by atoms with van der Waals surface area (Å²) in [6, 6.07) is 27.0. The second-order valence-corrected chi connectivity index (χ2v) is 11.1. The molecular formula is C34H30N4O6. The number of benzene rings is 4. The van der Waals surface area contributed by atoms with E-state index in [1.807, 2.05) is 94.7 Å². The van der Waals surface area contributed by atoms with Crippen molar-refractivity contribution in [1.29, 1.82) is 0 Å². The van der Waals surface area contributed by atoms with E-state index in [9.17, 15) is 9.59 Å². The lowest BCUT2D eigenvalue weighted by Gasteiger charge is -2.31. The number of hydrogen-bond donors (Lipinski definition) is 2. The molecule has 4 aromatic rings. The number of rotatable bonds is 9. The van der Waals surface area contributed by atoms with Crippen molar-refractivity contribution in [2.75, 3.05) is 26.7 Å². The first-order valence-corrected chi connectivity index (χ1v) is 14.7. The lowest BCUT2D eigenvalue weighted by atomic mass is 10.1. The molecule has 44 heavy (non-hydrogen) atoms. The van der Waals surface area contributed by atoms with Crippen LogP contribution in [0.15, 0.2) is 84.9 Å². The highest BCUT2D eigenvalue weighted by atomic mass is 16.7. The molecule has 222 valence electrons. The first-order chi connectivity index (χ1) is 21.6. The van der Waals surface area contributed by atoms with Crippen molar-refractivity contribution in [3.8, 4) is 23.0 Å². The summed E-state index contributed by atoms with van der Waals surface area (Å²) in [5.74, 6) is 2.78. The third kappa shape index (κ3) is 4.59. The minimum absolute atomic E-state index is 0.0576. The Morgan fingerprint density at radius 3 is 1.48 bits per heavy atom. The Hall–Kier alpha value is -5.06. The van der Waals surface area contributed by atoms with Crippen LogP contribution in [0.1, 0.15) is 55.3 Å². The van der Waals surface area contributed by atoms with Crippen LogP contribution in [0.4, 0.5) is 0 Å². The molecule has 0 aromatic heterocycles. The van der Waals surface area contributed by atoms with Gasteiger partial charge in [0.2, 0.25) is 13.6 Å². The molecule has 2 N–H and O–H groups in total. The molecule has 0 bridgehead atoms. The summed E-state index contributed by atoms with van der Waals surface area (Å²) in [6.45, 7) is 2.19. The van der Waals surface area contributed by atoms with Gasteiger partial charge in [-0.05, 0) is 47.5 Å². The molecule has 0 saturated heterocycles. The van der Waals surface area contributed by atoms with E-state index in [2.05, 4.69) is 10.6 Å². The van der Waals surface area contributed by atoms with Crippen LogP contribution in [0.25, 0.3) is 0 Å². The van der Waals surface area contributed by atoms with Gasteiger partial charge in [0.1, 0.15) is 12.3 Å². The number of hydrogen-bond acceptors (Lipinski definition) is 8. The van der Waals surface area contributed by atoms with Gasteiger partial charge >= 0.3 is 0 Å². The van der Waals surface area contributed by atoms with Gasteiger partial charge in [-0.1, -0.05) is 48.5 Å². The Morgan fingerprint density at radius 1 is 0.568 bits per heavy atom. The number of amides is 2. The maximum atomic E-state index is 13.7. The van der Waals surface area contributed by atoms with E-state index >= 15 is 0 Å². The summed E-state index contributed by atoms with van der Waals surface area (Å²) in [5.41, 5.74) is 5.22. The lowest BCUT2D eigenvalue weighted by molar-refractivity contribution is 0.0560. The lowest BCUT2D eigenvalue weighted by Crippen LogP contribution is -2.44. The van der Waals surface area contributed by atoms with Gasteiger partial charge in [-0.15, -0.1) is 0 Å². The molecule has 4 aromatic carbocycles. The average Bonchev–Trinajstić information content (AvgIpc) is 3.83. The third-order valence-corrected chi connectivity index (χ3v) is 8.57. The van der Waals surface area contributed by atoms with E-state index in [-0.39, 0.29) is 37.7 Å². The van der Waals surface area contributed by atoms with Gasteiger partial charge in [0, 0.05) is 48.4 Å². The molecule has 10 heteroatoms. The molecule has 10 nitrogen and oxygen atoms in total. The van der Waals surface area contributed by atoms with E-state index in [0.717, 1.165) is 45.3 Å². The number of nitrogens with zero attached hydrogens (tertiary/aromatic N) is 2. The Balaban J connectivity index is 1.01.